The lowest BCUT2D eigenvalue weighted by Gasteiger charge is -2.05. The number of pyridine rings is 1. The monoisotopic (exact) mass is 327 g/mol. The standard InChI is InChI=1S/C16H11ClFN5/c1-19-15-6-14(17)22-16-12(8-21-23(15)16)10-4-9-5-11(18)2-3-13(9)20-7-10/h2-8,19H,1H3. The smallest absolute Gasteiger partial charge is 0.166 e. The molecule has 0 spiro atoms. The maximum atomic E-state index is 13.4. The second kappa shape index (κ2) is 5.17. The van der Waals surface area contributed by atoms with Crippen LogP contribution in [0, 0.1) is 5.82 Å². The molecule has 7 heteroatoms. The summed E-state index contributed by atoms with van der Waals surface area (Å²) in [7, 11) is 1.78. The summed E-state index contributed by atoms with van der Waals surface area (Å²) in [5, 5.41) is 8.44. The minimum Gasteiger partial charge on any atom is -0.373 e. The van der Waals surface area contributed by atoms with Crippen molar-refractivity contribution in [1.82, 2.24) is 19.6 Å². The molecular weight excluding hydrogens is 317 g/mol. The molecule has 0 fully saturated rings. The summed E-state index contributed by atoms with van der Waals surface area (Å²) < 4.78 is 15.1. The van der Waals surface area contributed by atoms with E-state index >= 15 is 0 Å². The lowest BCUT2D eigenvalue weighted by Crippen LogP contribution is -2.00. The summed E-state index contributed by atoms with van der Waals surface area (Å²) in [6.45, 7) is 0. The summed E-state index contributed by atoms with van der Waals surface area (Å²) in [6, 6.07) is 8.06. The van der Waals surface area contributed by atoms with E-state index in [1.165, 1.54) is 12.1 Å². The number of anilines is 1. The van der Waals surface area contributed by atoms with E-state index in [1.807, 2.05) is 6.07 Å². The molecule has 0 atom stereocenters. The van der Waals surface area contributed by atoms with Gasteiger partial charge in [0.05, 0.1) is 11.7 Å². The zero-order valence-electron chi connectivity index (χ0n) is 12.1. The van der Waals surface area contributed by atoms with Crippen molar-refractivity contribution in [3.05, 3.63) is 53.7 Å². The molecule has 0 radical (unpaired) electrons. The van der Waals surface area contributed by atoms with Crippen LogP contribution >= 0.6 is 11.6 Å². The molecule has 0 unspecified atom stereocenters. The first-order chi connectivity index (χ1) is 11.2. The summed E-state index contributed by atoms with van der Waals surface area (Å²) in [4.78, 5) is 8.71. The number of hydrogen-bond donors (Lipinski definition) is 1. The van der Waals surface area contributed by atoms with Gasteiger partial charge >= 0.3 is 0 Å². The molecule has 1 aromatic carbocycles. The van der Waals surface area contributed by atoms with Crippen LogP contribution in [0.2, 0.25) is 5.15 Å². The van der Waals surface area contributed by atoms with Gasteiger partial charge in [0, 0.05) is 35.8 Å². The highest BCUT2D eigenvalue weighted by atomic mass is 35.5. The molecule has 4 rings (SSSR count). The molecule has 4 aromatic rings. The highest BCUT2D eigenvalue weighted by Gasteiger charge is 2.13. The van der Waals surface area contributed by atoms with Crippen LogP contribution < -0.4 is 5.32 Å². The van der Waals surface area contributed by atoms with Gasteiger partial charge in [0.25, 0.3) is 0 Å². The summed E-state index contributed by atoms with van der Waals surface area (Å²) in [5.41, 5.74) is 2.92. The lowest BCUT2D eigenvalue weighted by molar-refractivity contribution is 0.629. The second-order valence-electron chi connectivity index (χ2n) is 5.07. The number of rotatable bonds is 2. The number of aromatic nitrogens is 4. The highest BCUT2D eigenvalue weighted by molar-refractivity contribution is 6.29. The van der Waals surface area contributed by atoms with E-state index in [-0.39, 0.29) is 5.82 Å². The first-order valence-electron chi connectivity index (χ1n) is 6.93. The Labute approximate surface area is 135 Å². The molecule has 1 N–H and O–H groups in total. The molecule has 23 heavy (non-hydrogen) atoms. The average molecular weight is 328 g/mol. The van der Waals surface area contributed by atoms with Crippen LogP contribution in [0.5, 0.6) is 0 Å². The third kappa shape index (κ3) is 2.27. The first kappa shape index (κ1) is 13.9. The van der Waals surface area contributed by atoms with Gasteiger partial charge in [-0.15, -0.1) is 0 Å². The SMILES string of the molecule is CNc1cc(Cl)nc2c(-c3cnc4ccc(F)cc4c3)cnn12. The predicted molar refractivity (Wildman–Crippen MR) is 88.2 cm³/mol. The van der Waals surface area contributed by atoms with Crippen LogP contribution in [0.4, 0.5) is 10.2 Å². The van der Waals surface area contributed by atoms with Crippen LogP contribution in [-0.2, 0) is 0 Å². The van der Waals surface area contributed by atoms with Gasteiger partial charge < -0.3 is 5.32 Å². The van der Waals surface area contributed by atoms with Crippen LogP contribution in [-0.4, -0.2) is 26.6 Å². The third-order valence-electron chi connectivity index (χ3n) is 3.65. The number of nitrogens with one attached hydrogen (secondary N) is 1. The summed E-state index contributed by atoms with van der Waals surface area (Å²) >= 11 is 6.08. The van der Waals surface area contributed by atoms with Gasteiger partial charge in [0.2, 0.25) is 0 Å². The van der Waals surface area contributed by atoms with E-state index < -0.39 is 0 Å². The number of benzene rings is 1. The Kier molecular flexibility index (Phi) is 3.12. The van der Waals surface area contributed by atoms with Gasteiger partial charge in [-0.05, 0) is 24.3 Å². The molecule has 0 aliphatic rings. The Hall–Kier alpha value is -2.73. The second-order valence-corrected chi connectivity index (χ2v) is 5.46. The molecule has 0 amide bonds. The van der Waals surface area contributed by atoms with Gasteiger partial charge in [-0.2, -0.15) is 9.61 Å². The lowest BCUT2D eigenvalue weighted by atomic mass is 10.1. The summed E-state index contributed by atoms with van der Waals surface area (Å²) in [5.74, 6) is 0.431. The zero-order valence-corrected chi connectivity index (χ0v) is 12.8. The van der Waals surface area contributed by atoms with Gasteiger partial charge in [0.15, 0.2) is 5.65 Å². The summed E-state index contributed by atoms with van der Waals surface area (Å²) in [6.07, 6.45) is 3.42. The van der Waals surface area contributed by atoms with Crippen molar-refractivity contribution in [2.75, 3.05) is 12.4 Å². The fourth-order valence-corrected chi connectivity index (χ4v) is 2.75. The number of fused-ring (bicyclic) bond motifs is 2. The Morgan fingerprint density at radius 2 is 2.04 bits per heavy atom. The zero-order chi connectivity index (χ0) is 16.0. The van der Waals surface area contributed by atoms with Crippen LogP contribution in [0.3, 0.4) is 0 Å². The van der Waals surface area contributed by atoms with Crippen molar-refractivity contribution in [2.45, 2.75) is 0 Å². The molecule has 3 heterocycles. The molecular formula is C16H11ClFN5. The van der Waals surface area contributed by atoms with Crippen LogP contribution in [0.15, 0.2) is 42.7 Å². The Bertz CT molecular complexity index is 1040. The Balaban J connectivity index is 1.97. The quantitative estimate of drug-likeness (QED) is 0.569. The number of nitrogens with zero attached hydrogens (tertiary/aromatic N) is 4. The average Bonchev–Trinajstić information content (AvgIpc) is 2.97. The maximum Gasteiger partial charge on any atom is 0.166 e. The maximum absolute atomic E-state index is 13.4. The van der Waals surface area contributed by atoms with Gasteiger partial charge in [-0.25, -0.2) is 9.37 Å². The van der Waals surface area contributed by atoms with Gasteiger partial charge in [-0.3, -0.25) is 4.98 Å². The predicted octanol–water partition coefficient (Wildman–Crippen LogP) is 3.78. The number of hydrogen-bond acceptors (Lipinski definition) is 4. The minimum absolute atomic E-state index is 0.296. The van der Waals surface area contributed by atoms with Crippen molar-refractivity contribution >= 4 is 34.0 Å². The van der Waals surface area contributed by atoms with Crippen LogP contribution in [0.1, 0.15) is 0 Å². The molecule has 0 saturated carbocycles. The van der Waals surface area contributed by atoms with E-state index in [2.05, 4.69) is 20.4 Å². The van der Waals surface area contributed by atoms with Crippen molar-refractivity contribution < 1.29 is 4.39 Å². The molecule has 114 valence electrons. The molecule has 0 aliphatic carbocycles. The Morgan fingerprint density at radius 3 is 2.87 bits per heavy atom. The van der Waals surface area contributed by atoms with Gasteiger partial charge in [0.1, 0.15) is 16.8 Å². The topological polar surface area (TPSA) is 55.1 Å². The fraction of sp³-hybridized carbons (Fsp3) is 0.0625. The normalized spacial score (nSPS) is 11.3. The Morgan fingerprint density at radius 1 is 1.17 bits per heavy atom. The van der Waals surface area contributed by atoms with Crippen molar-refractivity contribution in [1.29, 1.82) is 0 Å². The van der Waals surface area contributed by atoms with Gasteiger partial charge in [-0.1, -0.05) is 11.6 Å². The van der Waals surface area contributed by atoms with Crippen molar-refractivity contribution in [2.24, 2.45) is 0 Å². The third-order valence-corrected chi connectivity index (χ3v) is 3.84. The molecule has 5 nitrogen and oxygen atoms in total. The molecule has 3 aromatic heterocycles. The first-order valence-corrected chi connectivity index (χ1v) is 7.31. The van der Waals surface area contributed by atoms with E-state index in [9.17, 15) is 4.39 Å². The van der Waals surface area contributed by atoms with E-state index in [1.54, 1.807) is 36.1 Å². The highest BCUT2D eigenvalue weighted by Crippen LogP contribution is 2.28. The molecule has 0 bridgehead atoms. The fourth-order valence-electron chi connectivity index (χ4n) is 2.56. The van der Waals surface area contributed by atoms with Crippen molar-refractivity contribution in [3.8, 4) is 11.1 Å². The molecule has 0 saturated heterocycles. The van der Waals surface area contributed by atoms with E-state index in [0.717, 1.165) is 27.8 Å². The van der Waals surface area contributed by atoms with E-state index in [0.29, 0.717) is 10.8 Å². The van der Waals surface area contributed by atoms with Crippen molar-refractivity contribution in [3.63, 3.8) is 0 Å². The largest absolute Gasteiger partial charge is 0.373 e. The molecule has 0 aliphatic heterocycles. The van der Waals surface area contributed by atoms with Crippen LogP contribution in [0.25, 0.3) is 27.7 Å². The minimum atomic E-state index is -0.296. The number of halogens is 2. The van der Waals surface area contributed by atoms with E-state index in [4.69, 9.17) is 11.6 Å².